The van der Waals surface area contributed by atoms with Crippen LogP contribution in [-0.2, 0) is 20.3 Å². The van der Waals surface area contributed by atoms with Crippen molar-refractivity contribution in [2.75, 3.05) is 12.9 Å². The van der Waals surface area contributed by atoms with Crippen molar-refractivity contribution in [3.05, 3.63) is 16.4 Å². The zero-order valence-electron chi connectivity index (χ0n) is 7.57. The van der Waals surface area contributed by atoms with Gasteiger partial charge in [0.05, 0.1) is 7.11 Å². The number of carbonyl (C=O) groups is 1. The maximum absolute atomic E-state index is 11.5. The summed E-state index contributed by atoms with van der Waals surface area (Å²) in [5, 5.41) is 0.0596. The molecule has 0 aliphatic rings. The summed E-state index contributed by atoms with van der Waals surface area (Å²) in [5.41, 5.74) is 0. The number of rotatable bonds is 3. The Hall–Kier alpha value is -0.720. The number of ether oxygens (including phenoxy) is 1. The van der Waals surface area contributed by atoms with Crippen molar-refractivity contribution in [1.82, 2.24) is 9.97 Å². The summed E-state index contributed by atoms with van der Waals surface area (Å²) in [4.78, 5) is 18.2. The van der Waals surface area contributed by atoms with Crippen LogP contribution in [0.15, 0.2) is 11.2 Å². The first-order valence-electron chi connectivity index (χ1n) is 3.68. The van der Waals surface area contributed by atoms with E-state index in [1.807, 2.05) is 0 Å². The third-order valence-electron chi connectivity index (χ3n) is 1.32. The molecule has 0 aromatic carbocycles. The predicted molar refractivity (Wildman–Crippen MR) is 55.3 cm³/mol. The molecule has 1 aromatic rings. The molecule has 0 amide bonds. The zero-order valence-corrected chi connectivity index (χ0v) is 9.90. The average Bonchev–Trinajstić information content (AvgIpc) is 2.16. The van der Waals surface area contributed by atoms with Gasteiger partial charge in [0.25, 0.3) is 0 Å². The Bertz CT molecular complexity index is 393. The molecule has 5 nitrogen and oxygen atoms in total. The highest BCUT2D eigenvalue weighted by Crippen LogP contribution is 2.13. The van der Waals surface area contributed by atoms with Crippen molar-refractivity contribution >= 4 is 40.0 Å². The van der Waals surface area contributed by atoms with Crippen LogP contribution in [0.5, 0.6) is 0 Å². The van der Waals surface area contributed by atoms with Gasteiger partial charge in [-0.2, -0.15) is 0 Å². The Morgan fingerprint density at radius 3 is 2.47 bits per heavy atom. The molecule has 0 fully saturated rings. The molecule has 15 heavy (non-hydrogen) atoms. The predicted octanol–water partition coefficient (Wildman–Crippen LogP) is 1.06. The number of nitrogens with zero attached hydrogens (tertiary/aromatic N) is 2. The number of methoxy groups -OCH3 is 1. The van der Waals surface area contributed by atoms with Gasteiger partial charge in [0.1, 0.15) is 26.9 Å². The maximum atomic E-state index is 11.5. The van der Waals surface area contributed by atoms with E-state index in [1.165, 1.54) is 13.2 Å². The first-order valence-corrected chi connectivity index (χ1v) is 5.75. The molecule has 1 unspecified atom stereocenters. The van der Waals surface area contributed by atoms with E-state index in [-0.39, 0.29) is 21.2 Å². The third-order valence-corrected chi connectivity index (χ3v) is 2.80. The van der Waals surface area contributed by atoms with E-state index >= 15 is 0 Å². The number of esters is 1. The Morgan fingerprint density at radius 2 is 2.00 bits per heavy atom. The van der Waals surface area contributed by atoms with Crippen molar-refractivity contribution in [1.29, 1.82) is 0 Å². The molecule has 0 aliphatic carbocycles. The highest BCUT2D eigenvalue weighted by atomic mass is 35.5. The lowest BCUT2D eigenvalue weighted by Crippen LogP contribution is -2.14. The molecule has 0 bridgehead atoms. The molecule has 1 atom stereocenters. The second-order valence-corrected chi connectivity index (χ2v) is 4.48. The van der Waals surface area contributed by atoms with Gasteiger partial charge in [0, 0.05) is 6.07 Å². The van der Waals surface area contributed by atoms with Crippen LogP contribution in [0.3, 0.4) is 0 Å². The first-order chi connectivity index (χ1) is 7.02. The third kappa shape index (κ3) is 3.73. The van der Waals surface area contributed by atoms with Crippen molar-refractivity contribution in [3.8, 4) is 0 Å². The summed E-state index contributed by atoms with van der Waals surface area (Å²) in [6.07, 6.45) is 0. The summed E-state index contributed by atoms with van der Waals surface area (Å²) in [5.74, 6) is -0.944. The molecular weight excluding hydrogens is 263 g/mol. The van der Waals surface area contributed by atoms with E-state index in [1.54, 1.807) is 0 Å². The van der Waals surface area contributed by atoms with Crippen molar-refractivity contribution in [2.45, 2.75) is 5.16 Å². The van der Waals surface area contributed by atoms with Crippen molar-refractivity contribution in [3.63, 3.8) is 0 Å². The Morgan fingerprint density at radius 1 is 1.47 bits per heavy atom. The number of hydrogen-bond donors (Lipinski definition) is 0. The minimum atomic E-state index is -1.70. The molecule has 0 saturated carbocycles. The molecular formula is C7H6Cl2N2O3S. The summed E-state index contributed by atoms with van der Waals surface area (Å²) in [7, 11) is -0.500. The van der Waals surface area contributed by atoms with E-state index < -0.39 is 16.8 Å². The minimum absolute atomic E-state index is 0.0724. The second-order valence-electron chi connectivity index (χ2n) is 2.36. The van der Waals surface area contributed by atoms with Gasteiger partial charge in [-0.15, -0.1) is 0 Å². The number of hydrogen-bond acceptors (Lipinski definition) is 5. The van der Waals surface area contributed by atoms with Crippen LogP contribution in [0.25, 0.3) is 0 Å². The molecule has 0 spiro atoms. The molecule has 0 saturated heterocycles. The molecule has 1 aromatic heterocycles. The maximum Gasteiger partial charge on any atom is 0.318 e. The van der Waals surface area contributed by atoms with E-state index in [9.17, 15) is 9.00 Å². The lowest BCUT2D eigenvalue weighted by molar-refractivity contribution is -0.137. The smallest absolute Gasteiger partial charge is 0.318 e. The lowest BCUT2D eigenvalue weighted by Gasteiger charge is -2.00. The van der Waals surface area contributed by atoms with Crippen LogP contribution < -0.4 is 0 Å². The van der Waals surface area contributed by atoms with Gasteiger partial charge in [-0.3, -0.25) is 9.00 Å². The van der Waals surface area contributed by atoms with Gasteiger partial charge < -0.3 is 4.74 Å². The Labute approximate surface area is 98.2 Å². The lowest BCUT2D eigenvalue weighted by atomic mass is 10.7. The monoisotopic (exact) mass is 268 g/mol. The van der Waals surface area contributed by atoms with Gasteiger partial charge in [-0.05, 0) is 0 Å². The summed E-state index contributed by atoms with van der Waals surface area (Å²) >= 11 is 11.2. The van der Waals surface area contributed by atoms with Crippen LogP contribution in [0.2, 0.25) is 10.3 Å². The fourth-order valence-electron chi connectivity index (χ4n) is 0.703. The van der Waals surface area contributed by atoms with Gasteiger partial charge in [0.15, 0.2) is 0 Å². The molecule has 1 rings (SSSR count). The van der Waals surface area contributed by atoms with Gasteiger partial charge >= 0.3 is 5.97 Å². The summed E-state index contributed by atoms with van der Waals surface area (Å²) in [6.45, 7) is 0. The van der Waals surface area contributed by atoms with E-state index in [2.05, 4.69) is 14.7 Å². The average molecular weight is 269 g/mol. The SMILES string of the molecule is COC(=O)CS(=O)c1nc(Cl)cc(Cl)n1. The molecule has 82 valence electrons. The zero-order chi connectivity index (χ0) is 11.4. The van der Waals surface area contributed by atoms with Crippen LogP contribution in [0.4, 0.5) is 0 Å². The quantitative estimate of drug-likeness (QED) is 0.466. The summed E-state index contributed by atoms with van der Waals surface area (Å²) < 4.78 is 15.8. The van der Waals surface area contributed by atoms with E-state index in [0.717, 1.165) is 0 Å². The molecule has 0 N–H and O–H groups in total. The summed E-state index contributed by atoms with van der Waals surface area (Å²) in [6, 6.07) is 1.31. The first kappa shape index (κ1) is 12.4. The van der Waals surface area contributed by atoms with Crippen LogP contribution >= 0.6 is 23.2 Å². The van der Waals surface area contributed by atoms with Gasteiger partial charge in [0.2, 0.25) is 5.16 Å². The van der Waals surface area contributed by atoms with Crippen molar-refractivity contribution < 1.29 is 13.7 Å². The topological polar surface area (TPSA) is 69.2 Å². The fraction of sp³-hybridized carbons (Fsp3) is 0.286. The molecule has 0 radical (unpaired) electrons. The Balaban J connectivity index is 2.86. The van der Waals surface area contributed by atoms with Crippen LogP contribution in [-0.4, -0.2) is 33.0 Å². The molecule has 1 heterocycles. The van der Waals surface area contributed by atoms with E-state index in [0.29, 0.717) is 0 Å². The number of carbonyl (C=O) groups excluding carboxylic acids is 1. The van der Waals surface area contributed by atoms with Crippen LogP contribution in [0.1, 0.15) is 0 Å². The number of halogens is 2. The van der Waals surface area contributed by atoms with E-state index in [4.69, 9.17) is 23.2 Å². The van der Waals surface area contributed by atoms with Crippen molar-refractivity contribution in [2.24, 2.45) is 0 Å². The largest absolute Gasteiger partial charge is 0.468 e. The van der Waals surface area contributed by atoms with Gasteiger partial charge in [-0.1, -0.05) is 23.2 Å². The fourth-order valence-corrected chi connectivity index (χ4v) is 2.09. The van der Waals surface area contributed by atoms with Gasteiger partial charge in [-0.25, -0.2) is 9.97 Å². The minimum Gasteiger partial charge on any atom is -0.468 e. The standard InChI is InChI=1S/C7H6Cl2N2O3S/c1-14-6(12)3-15(13)7-10-4(8)2-5(9)11-7/h2H,3H2,1H3. The second kappa shape index (κ2) is 5.39. The highest BCUT2D eigenvalue weighted by molar-refractivity contribution is 7.85. The molecule has 0 aliphatic heterocycles. The Kier molecular flexibility index (Phi) is 4.44. The highest BCUT2D eigenvalue weighted by Gasteiger charge is 2.14. The molecule has 8 heteroatoms. The van der Waals surface area contributed by atoms with Crippen LogP contribution in [0, 0.1) is 0 Å². The normalized spacial score (nSPS) is 12.2. The number of aromatic nitrogens is 2.